The van der Waals surface area contributed by atoms with Crippen molar-refractivity contribution in [3.05, 3.63) is 83.3 Å². The zero-order valence-electron chi connectivity index (χ0n) is 22.6. The molecule has 0 spiro atoms. The summed E-state index contributed by atoms with van der Waals surface area (Å²) in [4.78, 5) is 12.4. The minimum Gasteiger partial charge on any atom is -0.360 e. The highest BCUT2D eigenvalue weighted by molar-refractivity contribution is 7.90. The number of fused-ring (bicyclic) bond motifs is 1. The zero-order valence-corrected chi connectivity index (χ0v) is 24.4. The van der Waals surface area contributed by atoms with Crippen LogP contribution in [0.1, 0.15) is 16.1 Å². The molecule has 1 amide bonds. The lowest BCUT2D eigenvalue weighted by molar-refractivity contribution is 0.0802. The summed E-state index contributed by atoms with van der Waals surface area (Å²) < 4.78 is 79.4. The Morgan fingerprint density at radius 1 is 1.00 bits per heavy atom. The molecule has 0 radical (unpaired) electrons. The minimum atomic E-state index is -3.96. The molecule has 0 saturated carbocycles. The number of hydrogen-bond donors (Lipinski definition) is 1. The van der Waals surface area contributed by atoms with Gasteiger partial charge < -0.3 is 10.1 Å². The van der Waals surface area contributed by atoms with E-state index in [1.165, 1.54) is 37.4 Å². The van der Waals surface area contributed by atoms with Crippen molar-refractivity contribution in [1.29, 1.82) is 0 Å². The van der Waals surface area contributed by atoms with Crippen LogP contribution in [0.25, 0.3) is 22.0 Å². The van der Waals surface area contributed by atoms with Crippen molar-refractivity contribution >= 4 is 34.7 Å². The van der Waals surface area contributed by atoms with Gasteiger partial charge in [0.05, 0.1) is 16.2 Å². The Balaban J connectivity index is 1.80. The normalized spacial score (nSPS) is 12.2. The maximum atomic E-state index is 16.1. The fourth-order valence-corrected chi connectivity index (χ4v) is 6.33. The van der Waals surface area contributed by atoms with Gasteiger partial charge in [-0.2, -0.15) is 5.10 Å². The second-order valence-corrected chi connectivity index (χ2v) is 18.2. The fraction of sp³-hybridized carbons (Fsp3) is 0.286. The van der Waals surface area contributed by atoms with Gasteiger partial charge in [0.25, 0.3) is 5.91 Å². The van der Waals surface area contributed by atoms with E-state index in [1.807, 2.05) is 0 Å². The SMILES string of the molecule is CNC(=O)c1nn(COCC[Si](C)(C)C)c2c(F)c(-c3c(F)ccc(CS(=O)(=O)c4ccccc4)c3F)ccc12. The maximum Gasteiger partial charge on any atom is 0.272 e. The van der Waals surface area contributed by atoms with Gasteiger partial charge in [0.15, 0.2) is 21.3 Å². The Kier molecular flexibility index (Phi) is 8.52. The third-order valence-corrected chi connectivity index (χ3v) is 9.78. The number of nitrogens with one attached hydrogen (secondary N) is 1. The Morgan fingerprint density at radius 2 is 1.70 bits per heavy atom. The maximum absolute atomic E-state index is 16.1. The Bertz CT molecular complexity index is 1670. The first-order chi connectivity index (χ1) is 18.8. The summed E-state index contributed by atoms with van der Waals surface area (Å²) in [6, 6.07) is 12.8. The number of amides is 1. The van der Waals surface area contributed by atoms with Crippen molar-refractivity contribution in [2.45, 2.75) is 43.1 Å². The number of carbonyl (C=O) groups excluding carboxylic acids is 1. The molecule has 1 heterocycles. The second-order valence-electron chi connectivity index (χ2n) is 10.6. The van der Waals surface area contributed by atoms with Crippen LogP contribution in [-0.2, 0) is 27.1 Å². The first kappa shape index (κ1) is 29.5. The topological polar surface area (TPSA) is 90.3 Å². The van der Waals surface area contributed by atoms with Crippen LogP contribution in [0, 0.1) is 17.5 Å². The molecule has 3 aromatic carbocycles. The minimum absolute atomic E-state index is 0.0207. The van der Waals surface area contributed by atoms with E-state index in [9.17, 15) is 13.2 Å². The van der Waals surface area contributed by atoms with Gasteiger partial charge in [-0.05, 0) is 30.3 Å². The highest BCUT2D eigenvalue weighted by Crippen LogP contribution is 2.35. The Hall–Kier alpha value is -3.48. The van der Waals surface area contributed by atoms with Crippen molar-refractivity contribution in [1.82, 2.24) is 15.1 Å². The van der Waals surface area contributed by atoms with Gasteiger partial charge in [0.1, 0.15) is 23.9 Å². The summed E-state index contributed by atoms with van der Waals surface area (Å²) in [5.41, 5.74) is -1.69. The van der Waals surface area contributed by atoms with Crippen molar-refractivity contribution in [2.75, 3.05) is 13.7 Å². The summed E-state index contributed by atoms with van der Waals surface area (Å²) in [5.74, 6) is -4.59. The summed E-state index contributed by atoms with van der Waals surface area (Å²) in [7, 11) is -3.96. The van der Waals surface area contributed by atoms with E-state index < -0.39 is 58.1 Å². The number of hydrogen-bond acceptors (Lipinski definition) is 5. The molecule has 0 bridgehead atoms. The summed E-state index contributed by atoms with van der Waals surface area (Å²) in [6.45, 7) is 6.75. The highest BCUT2D eigenvalue weighted by Gasteiger charge is 2.27. The van der Waals surface area contributed by atoms with Crippen LogP contribution in [0.4, 0.5) is 13.2 Å². The van der Waals surface area contributed by atoms with Gasteiger partial charge in [-0.25, -0.2) is 26.3 Å². The number of sulfone groups is 1. The fourth-order valence-electron chi connectivity index (χ4n) is 4.20. The first-order valence-corrected chi connectivity index (χ1v) is 17.9. The molecule has 0 saturated heterocycles. The molecule has 7 nitrogen and oxygen atoms in total. The van der Waals surface area contributed by atoms with Crippen LogP contribution < -0.4 is 5.32 Å². The van der Waals surface area contributed by atoms with E-state index in [2.05, 4.69) is 30.1 Å². The molecule has 40 heavy (non-hydrogen) atoms. The second kappa shape index (κ2) is 11.6. The number of carbonyl (C=O) groups is 1. The molecule has 4 rings (SSSR count). The van der Waals surface area contributed by atoms with E-state index in [4.69, 9.17) is 4.74 Å². The summed E-state index contributed by atoms with van der Waals surface area (Å²) >= 11 is 0. The van der Waals surface area contributed by atoms with E-state index in [-0.39, 0.29) is 33.8 Å². The molecule has 0 atom stereocenters. The van der Waals surface area contributed by atoms with Crippen LogP contribution in [0.5, 0.6) is 0 Å². The lowest BCUT2D eigenvalue weighted by Crippen LogP contribution is -2.22. The Morgan fingerprint density at radius 3 is 2.35 bits per heavy atom. The molecule has 1 aromatic heterocycles. The molecule has 212 valence electrons. The van der Waals surface area contributed by atoms with E-state index in [0.29, 0.717) is 6.61 Å². The quantitative estimate of drug-likeness (QED) is 0.188. The van der Waals surface area contributed by atoms with E-state index >= 15 is 13.2 Å². The predicted molar refractivity (Wildman–Crippen MR) is 150 cm³/mol. The smallest absolute Gasteiger partial charge is 0.272 e. The monoisotopic (exact) mass is 589 g/mol. The first-order valence-electron chi connectivity index (χ1n) is 12.6. The van der Waals surface area contributed by atoms with E-state index in [1.54, 1.807) is 6.07 Å². The average Bonchev–Trinajstić information content (AvgIpc) is 3.28. The van der Waals surface area contributed by atoms with Crippen LogP contribution >= 0.6 is 0 Å². The van der Waals surface area contributed by atoms with Crippen LogP contribution in [0.2, 0.25) is 25.7 Å². The number of benzene rings is 3. The van der Waals surface area contributed by atoms with Crippen LogP contribution in [-0.4, -0.2) is 45.8 Å². The predicted octanol–water partition coefficient (Wildman–Crippen LogP) is 5.77. The van der Waals surface area contributed by atoms with Crippen LogP contribution in [0.3, 0.4) is 0 Å². The van der Waals surface area contributed by atoms with Crippen molar-refractivity contribution in [3.8, 4) is 11.1 Å². The Labute approximate surface area is 231 Å². The van der Waals surface area contributed by atoms with Gasteiger partial charge in [0.2, 0.25) is 0 Å². The average molecular weight is 590 g/mol. The van der Waals surface area contributed by atoms with Crippen molar-refractivity contribution in [3.63, 3.8) is 0 Å². The molecular weight excluding hydrogens is 559 g/mol. The van der Waals surface area contributed by atoms with E-state index in [0.717, 1.165) is 28.9 Å². The third kappa shape index (κ3) is 6.13. The number of rotatable bonds is 10. The summed E-state index contributed by atoms with van der Waals surface area (Å²) in [5, 5.41) is 6.81. The zero-order chi connectivity index (χ0) is 29.2. The molecule has 0 aliphatic rings. The van der Waals surface area contributed by atoms with Gasteiger partial charge in [-0.3, -0.25) is 4.79 Å². The molecule has 12 heteroatoms. The standard InChI is InChI=1S/C28H30F3N3O4SSi/c1-32-28(35)26-21-12-11-20(25(31)27(21)34(33-26)17-38-14-15-40(2,3)4)23-22(29)13-10-18(24(23)30)16-39(36,37)19-8-6-5-7-9-19/h5-13H,14-17H2,1-4H3,(H,32,35). The number of nitrogens with zero attached hydrogens (tertiary/aromatic N) is 2. The molecule has 0 aliphatic carbocycles. The number of halogens is 3. The van der Waals surface area contributed by atoms with Crippen molar-refractivity contribution in [2.24, 2.45) is 0 Å². The molecule has 0 aliphatic heterocycles. The van der Waals surface area contributed by atoms with Gasteiger partial charge >= 0.3 is 0 Å². The van der Waals surface area contributed by atoms with Gasteiger partial charge in [-0.1, -0.05) is 50.0 Å². The lowest BCUT2D eigenvalue weighted by atomic mass is 9.99. The summed E-state index contributed by atoms with van der Waals surface area (Å²) in [6.07, 6.45) is 0. The number of ether oxygens (including phenoxy) is 1. The molecule has 0 unspecified atom stereocenters. The third-order valence-electron chi connectivity index (χ3n) is 6.39. The number of aromatic nitrogens is 2. The van der Waals surface area contributed by atoms with Gasteiger partial charge in [-0.15, -0.1) is 0 Å². The largest absolute Gasteiger partial charge is 0.360 e. The van der Waals surface area contributed by atoms with Crippen molar-refractivity contribution < 1.29 is 31.1 Å². The van der Waals surface area contributed by atoms with Gasteiger partial charge in [0, 0.05) is 38.2 Å². The molecule has 0 fully saturated rings. The van der Waals surface area contributed by atoms with Crippen LogP contribution in [0.15, 0.2) is 59.5 Å². The highest BCUT2D eigenvalue weighted by atomic mass is 32.2. The lowest BCUT2D eigenvalue weighted by Gasteiger charge is -2.16. The molecular formula is C28H30F3N3O4SSi. The molecule has 1 N–H and O–H groups in total. The molecule has 4 aromatic rings.